The topological polar surface area (TPSA) is 3.24 Å². The van der Waals surface area contributed by atoms with Crippen molar-refractivity contribution >= 4 is 17.3 Å². The normalized spacial score (nSPS) is 12.2. The van der Waals surface area contributed by atoms with Crippen LogP contribution in [0.1, 0.15) is 16.7 Å². The van der Waals surface area contributed by atoms with Crippen molar-refractivity contribution < 1.29 is 0 Å². The number of rotatable bonds is 1. The molecule has 92 valence electrons. The Morgan fingerprint density at radius 1 is 1.00 bits per heavy atom. The minimum atomic E-state index is 0.870. The van der Waals surface area contributed by atoms with E-state index in [4.69, 9.17) is 11.6 Å². The van der Waals surface area contributed by atoms with Crippen LogP contribution in [0.3, 0.4) is 0 Å². The Morgan fingerprint density at radius 2 is 1.72 bits per heavy atom. The van der Waals surface area contributed by atoms with Gasteiger partial charge < -0.3 is 4.90 Å². The molecule has 0 aromatic heterocycles. The van der Waals surface area contributed by atoms with Crippen LogP contribution < -0.4 is 4.90 Å². The molecule has 1 aliphatic carbocycles. The van der Waals surface area contributed by atoms with Crippen molar-refractivity contribution in [3.8, 4) is 11.1 Å². The maximum Gasteiger partial charge on any atom is 0.0438 e. The SMILES string of the molecule is Cc1cc2c(cc1Cl)Cc1ccc(N(C)C)cc1-2. The van der Waals surface area contributed by atoms with E-state index in [2.05, 4.69) is 56.3 Å². The lowest BCUT2D eigenvalue weighted by atomic mass is 10.0. The summed E-state index contributed by atoms with van der Waals surface area (Å²) >= 11 is 6.21. The predicted molar refractivity (Wildman–Crippen MR) is 78.8 cm³/mol. The predicted octanol–water partition coefficient (Wildman–Crippen LogP) is 4.29. The largest absolute Gasteiger partial charge is 0.378 e. The van der Waals surface area contributed by atoms with Crippen LogP contribution in [-0.2, 0) is 6.42 Å². The highest BCUT2D eigenvalue weighted by atomic mass is 35.5. The summed E-state index contributed by atoms with van der Waals surface area (Å²) in [5, 5.41) is 0.870. The number of aryl methyl sites for hydroxylation is 1. The van der Waals surface area contributed by atoms with Crippen LogP contribution in [0.25, 0.3) is 11.1 Å². The molecule has 0 spiro atoms. The van der Waals surface area contributed by atoms with Gasteiger partial charge >= 0.3 is 0 Å². The van der Waals surface area contributed by atoms with Crippen LogP contribution in [-0.4, -0.2) is 14.1 Å². The minimum absolute atomic E-state index is 0.870. The second-order valence-electron chi connectivity index (χ2n) is 5.17. The van der Waals surface area contributed by atoms with Gasteiger partial charge in [0.25, 0.3) is 0 Å². The lowest BCUT2D eigenvalue weighted by Crippen LogP contribution is -2.08. The van der Waals surface area contributed by atoms with Crippen molar-refractivity contribution in [2.45, 2.75) is 13.3 Å². The zero-order valence-electron chi connectivity index (χ0n) is 10.9. The van der Waals surface area contributed by atoms with E-state index in [0.717, 1.165) is 17.0 Å². The molecule has 0 aliphatic heterocycles. The average molecular weight is 258 g/mol. The van der Waals surface area contributed by atoms with Crippen molar-refractivity contribution in [1.82, 2.24) is 0 Å². The molecule has 0 radical (unpaired) electrons. The molecular weight excluding hydrogens is 242 g/mol. The fourth-order valence-electron chi connectivity index (χ4n) is 2.57. The van der Waals surface area contributed by atoms with Crippen molar-refractivity contribution in [2.24, 2.45) is 0 Å². The molecule has 0 amide bonds. The molecule has 0 saturated heterocycles. The number of hydrogen-bond donors (Lipinski definition) is 0. The second kappa shape index (κ2) is 4.03. The molecule has 3 rings (SSSR count). The first-order valence-corrected chi connectivity index (χ1v) is 6.53. The molecule has 2 aromatic rings. The Balaban J connectivity index is 2.19. The summed E-state index contributed by atoms with van der Waals surface area (Å²) in [5.41, 5.74) is 7.84. The van der Waals surface area contributed by atoms with Gasteiger partial charge in [0, 0.05) is 24.8 Å². The first-order valence-electron chi connectivity index (χ1n) is 6.16. The van der Waals surface area contributed by atoms with E-state index < -0.39 is 0 Å². The van der Waals surface area contributed by atoms with E-state index in [9.17, 15) is 0 Å². The maximum atomic E-state index is 6.21. The molecule has 0 bridgehead atoms. The molecule has 0 unspecified atom stereocenters. The molecule has 0 atom stereocenters. The van der Waals surface area contributed by atoms with Crippen LogP contribution in [0.5, 0.6) is 0 Å². The van der Waals surface area contributed by atoms with Gasteiger partial charge in [-0.1, -0.05) is 17.7 Å². The Kier molecular flexibility index (Phi) is 2.60. The van der Waals surface area contributed by atoms with Gasteiger partial charge in [-0.2, -0.15) is 0 Å². The molecule has 1 aliphatic rings. The van der Waals surface area contributed by atoms with Gasteiger partial charge in [-0.05, 0) is 65.4 Å². The summed E-state index contributed by atoms with van der Waals surface area (Å²) in [6.07, 6.45) is 0.998. The first kappa shape index (κ1) is 11.6. The van der Waals surface area contributed by atoms with Gasteiger partial charge in [-0.15, -0.1) is 0 Å². The van der Waals surface area contributed by atoms with Gasteiger partial charge in [-0.3, -0.25) is 0 Å². The standard InChI is InChI=1S/C16H16ClN/c1-10-6-14-12(8-16(10)17)7-11-4-5-13(18(2)3)9-15(11)14/h4-6,8-9H,7H2,1-3H3. The molecule has 0 N–H and O–H groups in total. The number of fused-ring (bicyclic) bond motifs is 3. The Morgan fingerprint density at radius 3 is 2.44 bits per heavy atom. The quantitative estimate of drug-likeness (QED) is 0.629. The number of halogens is 1. The molecule has 2 heteroatoms. The summed E-state index contributed by atoms with van der Waals surface area (Å²) in [6, 6.07) is 11.0. The monoisotopic (exact) mass is 257 g/mol. The summed E-state index contributed by atoms with van der Waals surface area (Å²) in [6.45, 7) is 2.07. The van der Waals surface area contributed by atoms with E-state index in [1.54, 1.807) is 0 Å². The van der Waals surface area contributed by atoms with Crippen LogP contribution >= 0.6 is 11.6 Å². The number of anilines is 1. The first-order chi connectivity index (χ1) is 8.56. The summed E-state index contributed by atoms with van der Waals surface area (Å²) in [5.74, 6) is 0. The number of nitrogens with zero attached hydrogens (tertiary/aromatic N) is 1. The zero-order valence-corrected chi connectivity index (χ0v) is 11.7. The van der Waals surface area contributed by atoms with Crippen molar-refractivity contribution in [1.29, 1.82) is 0 Å². The lowest BCUT2D eigenvalue weighted by Gasteiger charge is -2.14. The highest BCUT2D eigenvalue weighted by molar-refractivity contribution is 6.31. The highest BCUT2D eigenvalue weighted by Gasteiger charge is 2.20. The zero-order chi connectivity index (χ0) is 12.9. The second-order valence-corrected chi connectivity index (χ2v) is 5.58. The molecule has 2 aromatic carbocycles. The van der Waals surface area contributed by atoms with E-state index in [1.165, 1.54) is 27.9 Å². The van der Waals surface area contributed by atoms with E-state index in [1.807, 2.05) is 0 Å². The summed E-state index contributed by atoms with van der Waals surface area (Å²) in [4.78, 5) is 2.14. The molecule has 1 nitrogen and oxygen atoms in total. The third-order valence-electron chi connectivity index (χ3n) is 3.67. The fraction of sp³-hybridized carbons (Fsp3) is 0.250. The minimum Gasteiger partial charge on any atom is -0.378 e. The van der Waals surface area contributed by atoms with Crippen molar-refractivity contribution in [3.63, 3.8) is 0 Å². The smallest absolute Gasteiger partial charge is 0.0438 e. The van der Waals surface area contributed by atoms with Gasteiger partial charge in [0.05, 0.1) is 0 Å². The van der Waals surface area contributed by atoms with Gasteiger partial charge in [0.1, 0.15) is 0 Å². The third kappa shape index (κ3) is 1.70. The summed E-state index contributed by atoms with van der Waals surface area (Å²) < 4.78 is 0. The number of hydrogen-bond acceptors (Lipinski definition) is 1. The Hall–Kier alpha value is -1.47. The summed E-state index contributed by atoms with van der Waals surface area (Å²) in [7, 11) is 4.15. The third-order valence-corrected chi connectivity index (χ3v) is 4.07. The van der Waals surface area contributed by atoms with Gasteiger partial charge in [0.2, 0.25) is 0 Å². The average Bonchev–Trinajstić information content (AvgIpc) is 2.66. The highest BCUT2D eigenvalue weighted by Crippen LogP contribution is 2.40. The molecular formula is C16H16ClN. The van der Waals surface area contributed by atoms with Gasteiger partial charge in [-0.25, -0.2) is 0 Å². The van der Waals surface area contributed by atoms with Crippen LogP contribution in [0.15, 0.2) is 30.3 Å². The molecule has 18 heavy (non-hydrogen) atoms. The van der Waals surface area contributed by atoms with Crippen LogP contribution in [0, 0.1) is 6.92 Å². The molecule has 0 saturated carbocycles. The van der Waals surface area contributed by atoms with Crippen molar-refractivity contribution in [3.05, 3.63) is 52.0 Å². The van der Waals surface area contributed by atoms with E-state index >= 15 is 0 Å². The maximum absolute atomic E-state index is 6.21. The van der Waals surface area contributed by atoms with Crippen molar-refractivity contribution in [2.75, 3.05) is 19.0 Å². The van der Waals surface area contributed by atoms with E-state index in [0.29, 0.717) is 0 Å². The Bertz CT molecular complexity index is 629. The number of benzene rings is 2. The van der Waals surface area contributed by atoms with Crippen LogP contribution in [0.2, 0.25) is 5.02 Å². The van der Waals surface area contributed by atoms with E-state index in [-0.39, 0.29) is 0 Å². The molecule has 0 fully saturated rings. The fourth-order valence-corrected chi connectivity index (χ4v) is 2.76. The van der Waals surface area contributed by atoms with Crippen LogP contribution in [0.4, 0.5) is 5.69 Å². The lowest BCUT2D eigenvalue weighted by molar-refractivity contribution is 1.13. The molecule has 0 heterocycles. The van der Waals surface area contributed by atoms with Gasteiger partial charge in [0.15, 0.2) is 0 Å². The Labute approximate surface area is 113 Å².